The number of para-hydroxylation sites is 2. The maximum atomic E-state index is 14.1. The molecular weight excluding hydrogens is 768 g/mol. The minimum Gasteiger partial charge on any atom is -0.460 e. The fourth-order valence-electron chi connectivity index (χ4n) is 7.55. The Bertz CT molecular complexity index is 2170. The van der Waals surface area contributed by atoms with Crippen molar-refractivity contribution in [3.8, 4) is 11.5 Å². The number of aryl methyl sites for hydroxylation is 1. The van der Waals surface area contributed by atoms with E-state index in [1.165, 1.54) is 25.1 Å². The van der Waals surface area contributed by atoms with E-state index in [1.54, 1.807) is 47.3 Å². The summed E-state index contributed by atoms with van der Waals surface area (Å²) in [5, 5.41) is 1.08. The predicted octanol–water partition coefficient (Wildman–Crippen LogP) is 10.4. The van der Waals surface area contributed by atoms with E-state index < -0.39 is 11.2 Å². The fourth-order valence-corrected chi connectivity index (χ4v) is 7.74. The molecule has 6 rings (SSSR count). The monoisotopic (exact) mass is 826 g/mol. The number of aromatic nitrogens is 1. The third-order valence-corrected chi connectivity index (χ3v) is 11.5. The quantitative estimate of drug-likeness (QED) is 0.0758. The van der Waals surface area contributed by atoms with E-state index in [2.05, 4.69) is 29.8 Å². The van der Waals surface area contributed by atoms with Crippen molar-refractivity contribution in [1.29, 1.82) is 0 Å². The first-order chi connectivity index (χ1) is 28.1. The van der Waals surface area contributed by atoms with Crippen LogP contribution in [0.15, 0.2) is 65.4 Å². The Morgan fingerprint density at radius 3 is 2.49 bits per heavy atom. The molecule has 1 fully saturated rings. The molecule has 0 saturated heterocycles. The van der Waals surface area contributed by atoms with Crippen molar-refractivity contribution in [2.45, 2.75) is 111 Å². The normalized spacial score (nSPS) is 15.9. The summed E-state index contributed by atoms with van der Waals surface area (Å²) in [5.41, 5.74) is 2.63. The van der Waals surface area contributed by atoms with Crippen LogP contribution in [0.1, 0.15) is 108 Å². The molecule has 2 unspecified atom stereocenters. The zero-order valence-electron chi connectivity index (χ0n) is 35.8. The second kappa shape index (κ2) is 18.6. The van der Waals surface area contributed by atoms with Crippen molar-refractivity contribution >= 4 is 57.8 Å². The molecule has 11 nitrogen and oxygen atoms in total. The van der Waals surface area contributed by atoms with E-state index in [1.807, 2.05) is 52.8 Å². The second-order valence-corrected chi connectivity index (χ2v) is 17.5. The lowest BCUT2D eigenvalue weighted by atomic mass is 9.95. The molecule has 0 radical (unpaired) electrons. The van der Waals surface area contributed by atoms with Crippen LogP contribution in [0.25, 0.3) is 17.0 Å². The van der Waals surface area contributed by atoms with E-state index in [0.29, 0.717) is 65.6 Å². The summed E-state index contributed by atoms with van der Waals surface area (Å²) in [7, 11) is 1.79. The number of pyridine rings is 1. The average molecular weight is 827 g/mol. The van der Waals surface area contributed by atoms with E-state index in [-0.39, 0.29) is 30.1 Å². The Kier molecular flexibility index (Phi) is 13.8. The summed E-state index contributed by atoms with van der Waals surface area (Å²) in [5.74, 6) is 0.757. The first kappa shape index (κ1) is 43.7. The summed E-state index contributed by atoms with van der Waals surface area (Å²) < 4.78 is 24.5. The van der Waals surface area contributed by atoms with Gasteiger partial charge in [0.1, 0.15) is 34.0 Å². The number of ether oxygens (including phenoxy) is 3. The zero-order valence-corrected chi connectivity index (χ0v) is 36.6. The Morgan fingerprint density at radius 2 is 1.80 bits per heavy atom. The Labute approximate surface area is 353 Å². The van der Waals surface area contributed by atoms with Gasteiger partial charge in [-0.3, -0.25) is 19.4 Å². The van der Waals surface area contributed by atoms with Gasteiger partial charge >= 0.3 is 5.97 Å². The van der Waals surface area contributed by atoms with Gasteiger partial charge in [-0.15, -0.1) is 0 Å². The summed E-state index contributed by atoms with van der Waals surface area (Å²) in [6.45, 7) is 16.0. The van der Waals surface area contributed by atoms with Gasteiger partial charge in [0.2, 0.25) is 5.91 Å². The highest BCUT2D eigenvalue weighted by molar-refractivity contribution is 6.32. The third kappa shape index (κ3) is 10.9. The number of carbonyl (C=O) groups excluding carboxylic acids is 3. The van der Waals surface area contributed by atoms with Gasteiger partial charge in [-0.05, 0) is 103 Å². The second-order valence-electron chi connectivity index (χ2n) is 17.1. The number of carbonyl (C=O) groups is 3. The van der Waals surface area contributed by atoms with Crippen LogP contribution in [0.4, 0.5) is 11.4 Å². The van der Waals surface area contributed by atoms with E-state index in [0.717, 1.165) is 48.1 Å². The topological polar surface area (TPSA) is 115 Å². The molecule has 0 bridgehead atoms. The molecule has 0 spiro atoms. The van der Waals surface area contributed by atoms with Crippen molar-refractivity contribution in [3.05, 3.63) is 82.8 Å². The molecule has 2 amide bonds. The molecule has 12 heteroatoms. The van der Waals surface area contributed by atoms with Gasteiger partial charge in [0.05, 0.1) is 28.6 Å². The number of likely N-dealkylation sites (N-methyl/N-ethyl adjacent to an activating group) is 1. The highest BCUT2D eigenvalue weighted by atomic mass is 35.5. The Hall–Kier alpha value is -4.87. The maximum Gasteiger partial charge on any atom is 0.306 e. The number of hydrogen-bond donors (Lipinski definition) is 0. The molecule has 316 valence electrons. The number of rotatable bonds is 17. The highest BCUT2D eigenvalue weighted by Crippen LogP contribution is 2.42. The fraction of sp³-hybridized carbons (Fsp3) is 0.489. The number of nitrogens with zero attached hydrogens (tertiary/aromatic N) is 4. The molecule has 1 aliphatic heterocycles. The summed E-state index contributed by atoms with van der Waals surface area (Å²) in [6, 6.07) is 13.7. The minimum atomic E-state index is -0.525. The van der Waals surface area contributed by atoms with Gasteiger partial charge in [-0.1, -0.05) is 44.0 Å². The molecule has 2 aromatic carbocycles. The SMILES string of the molecule is CCCC(COC(C)(CC)CCC(=O)OC(C)(C)C)CN(C)C(=O)C=Cc1oc2cc(Cl)c(Oc3ccncc3C(=O)N3CCN(C4CC4)c4ccccc43)cc2c1C. The molecule has 3 heterocycles. The van der Waals surface area contributed by atoms with Crippen LogP contribution in [-0.2, 0) is 19.1 Å². The van der Waals surface area contributed by atoms with Gasteiger partial charge in [-0.25, -0.2) is 0 Å². The number of benzene rings is 2. The smallest absolute Gasteiger partial charge is 0.306 e. The van der Waals surface area contributed by atoms with Crippen molar-refractivity contribution in [2.75, 3.05) is 43.1 Å². The molecule has 1 saturated carbocycles. The van der Waals surface area contributed by atoms with Crippen LogP contribution in [0, 0.1) is 12.8 Å². The van der Waals surface area contributed by atoms with Gasteiger partial charge in [-0.2, -0.15) is 0 Å². The first-order valence-electron chi connectivity index (χ1n) is 20.9. The third-order valence-electron chi connectivity index (χ3n) is 11.2. The van der Waals surface area contributed by atoms with Crippen LogP contribution in [-0.4, -0.2) is 78.2 Å². The summed E-state index contributed by atoms with van der Waals surface area (Å²) >= 11 is 6.76. The molecule has 59 heavy (non-hydrogen) atoms. The van der Waals surface area contributed by atoms with Gasteiger partial charge in [0.15, 0.2) is 0 Å². The number of anilines is 2. The number of furan rings is 1. The number of hydrogen-bond acceptors (Lipinski definition) is 9. The molecule has 2 aromatic heterocycles. The Balaban J connectivity index is 1.11. The van der Waals surface area contributed by atoms with E-state index in [9.17, 15) is 14.4 Å². The number of amides is 2. The maximum absolute atomic E-state index is 14.1. The van der Waals surface area contributed by atoms with Gasteiger partial charge in [0, 0.05) is 74.6 Å². The Morgan fingerprint density at radius 1 is 1.05 bits per heavy atom. The van der Waals surface area contributed by atoms with Crippen molar-refractivity contribution in [2.24, 2.45) is 5.92 Å². The first-order valence-corrected chi connectivity index (χ1v) is 21.3. The number of fused-ring (bicyclic) bond motifs is 2. The van der Waals surface area contributed by atoms with Crippen LogP contribution in [0.2, 0.25) is 5.02 Å². The van der Waals surface area contributed by atoms with E-state index in [4.69, 9.17) is 30.2 Å². The van der Waals surface area contributed by atoms with E-state index >= 15 is 0 Å². The standard InChI is InChI=1S/C47H59ClN4O7/c1-9-13-32(30-56-47(7,10-2)22-20-44(54)59-46(4,5)6)29-50(8)43(53)19-18-39-31(3)34-26-42(36(48)27-41(34)57-39)58-40-21-23-49-28-35(40)45(55)52-25-24-51(33-16-17-33)37-14-11-12-15-38(37)52/h11-12,14-15,18-19,21,23,26-28,32-33H,9-10,13,16-17,20,22,24-25,29-30H2,1-8H3. The molecule has 2 aliphatic rings. The van der Waals surface area contributed by atoms with Crippen LogP contribution >= 0.6 is 11.6 Å². The number of halogens is 1. The molecule has 4 aromatic rings. The lowest BCUT2D eigenvalue weighted by molar-refractivity contribution is -0.157. The minimum absolute atomic E-state index is 0.118. The molecular formula is C47H59ClN4O7. The van der Waals surface area contributed by atoms with Crippen LogP contribution in [0.3, 0.4) is 0 Å². The lowest BCUT2D eigenvalue weighted by Crippen LogP contribution is -2.45. The average Bonchev–Trinajstić information content (AvgIpc) is 4.01. The lowest BCUT2D eigenvalue weighted by Gasteiger charge is -2.38. The molecule has 1 aliphatic carbocycles. The van der Waals surface area contributed by atoms with Crippen molar-refractivity contribution in [3.63, 3.8) is 0 Å². The van der Waals surface area contributed by atoms with Crippen LogP contribution in [0.5, 0.6) is 11.5 Å². The van der Waals surface area contributed by atoms with Gasteiger partial charge < -0.3 is 33.3 Å². The zero-order chi connectivity index (χ0) is 42.5. The van der Waals surface area contributed by atoms with Crippen molar-refractivity contribution in [1.82, 2.24) is 9.88 Å². The number of esters is 1. The van der Waals surface area contributed by atoms with Crippen LogP contribution < -0.4 is 14.5 Å². The van der Waals surface area contributed by atoms with Gasteiger partial charge in [0.25, 0.3) is 5.91 Å². The molecule has 2 atom stereocenters. The highest BCUT2D eigenvalue weighted by Gasteiger charge is 2.36. The summed E-state index contributed by atoms with van der Waals surface area (Å²) in [6.07, 6.45) is 12.1. The predicted molar refractivity (Wildman–Crippen MR) is 234 cm³/mol. The summed E-state index contributed by atoms with van der Waals surface area (Å²) in [4.78, 5) is 50.1. The largest absolute Gasteiger partial charge is 0.460 e. The van der Waals surface area contributed by atoms with Crippen molar-refractivity contribution < 1.29 is 33.0 Å². The molecule has 0 N–H and O–H groups in total.